The lowest BCUT2D eigenvalue weighted by molar-refractivity contribution is 0.0971. The number of allylic oxidation sites excluding steroid dienone is 1. The number of benzene rings is 2. The lowest BCUT2D eigenvalue weighted by Crippen LogP contribution is -2.17. The lowest BCUT2D eigenvalue weighted by atomic mass is 10.0. The van der Waals surface area contributed by atoms with E-state index in [-0.39, 0.29) is 5.91 Å². The van der Waals surface area contributed by atoms with Gasteiger partial charge in [0.25, 0.3) is 5.91 Å². The summed E-state index contributed by atoms with van der Waals surface area (Å²) < 4.78 is 0. The van der Waals surface area contributed by atoms with Gasteiger partial charge in [0.2, 0.25) is 0 Å². The third kappa shape index (κ3) is 10.7. The van der Waals surface area contributed by atoms with E-state index in [9.17, 15) is 4.79 Å². The molecule has 2 rings (SSSR count). The second-order valence-electron chi connectivity index (χ2n) is 8.79. The Kier molecular flexibility index (Phi) is 13.5. The molecule has 0 spiro atoms. The van der Waals surface area contributed by atoms with Crippen LogP contribution in [0.3, 0.4) is 0 Å². The van der Waals surface area contributed by atoms with Crippen molar-refractivity contribution in [3.8, 4) is 0 Å². The first kappa shape index (κ1) is 25.2. The molecule has 2 heteroatoms. The largest absolute Gasteiger partial charge is 0.329 e. The predicted octanol–water partition coefficient (Wildman–Crippen LogP) is 8.95. The monoisotopic (exact) mass is 421 g/mol. The summed E-state index contributed by atoms with van der Waals surface area (Å²) in [5.41, 5.74) is 0.735. The molecule has 0 fully saturated rings. The van der Waals surface area contributed by atoms with Crippen molar-refractivity contribution in [3.63, 3.8) is 0 Å². The van der Waals surface area contributed by atoms with E-state index in [2.05, 4.69) is 18.3 Å². The van der Waals surface area contributed by atoms with Crippen LogP contribution in [0, 0.1) is 0 Å². The molecule has 0 atom stereocenters. The number of carbonyl (C=O) groups is 1. The normalized spacial score (nSPS) is 11.4. The number of carbonyl (C=O) groups excluding carboxylic acids is 1. The minimum absolute atomic E-state index is 0.0333. The molecule has 1 N–H and O–H groups in total. The fourth-order valence-electron chi connectivity index (χ4n) is 4.18. The van der Waals surface area contributed by atoms with Gasteiger partial charge in [-0.05, 0) is 29.7 Å². The van der Waals surface area contributed by atoms with Gasteiger partial charge in [-0.1, -0.05) is 133 Å². The summed E-state index contributed by atoms with van der Waals surface area (Å²) in [4.78, 5) is 12.5. The van der Waals surface area contributed by atoms with Crippen LogP contribution in [-0.4, -0.2) is 5.91 Å². The standard InChI is InChI=1S/C29H43NO/c1-2-3-4-5-6-7-8-9-10-11-12-13-14-15-16-19-25-30-29(31)28-24-20-22-26-21-17-18-23-27(26)28/h17-25H,2-16H2,1H3,(H,30,31). The van der Waals surface area contributed by atoms with Crippen LogP contribution in [0.1, 0.15) is 114 Å². The number of hydrogen-bond donors (Lipinski definition) is 1. The van der Waals surface area contributed by atoms with Gasteiger partial charge in [0.15, 0.2) is 0 Å². The highest BCUT2D eigenvalue weighted by Gasteiger charge is 2.07. The second-order valence-corrected chi connectivity index (χ2v) is 8.79. The van der Waals surface area contributed by atoms with Crippen molar-refractivity contribution in [1.82, 2.24) is 5.32 Å². The molecule has 0 aliphatic heterocycles. The number of hydrogen-bond acceptors (Lipinski definition) is 1. The molecule has 170 valence electrons. The van der Waals surface area contributed by atoms with Crippen LogP contribution < -0.4 is 5.32 Å². The van der Waals surface area contributed by atoms with Crippen molar-refractivity contribution in [2.24, 2.45) is 0 Å². The van der Waals surface area contributed by atoms with E-state index >= 15 is 0 Å². The number of rotatable bonds is 17. The summed E-state index contributed by atoms with van der Waals surface area (Å²) in [6.07, 6.45) is 24.3. The Morgan fingerprint density at radius 3 is 1.90 bits per heavy atom. The van der Waals surface area contributed by atoms with E-state index < -0.39 is 0 Å². The predicted molar refractivity (Wildman–Crippen MR) is 135 cm³/mol. The zero-order valence-electron chi connectivity index (χ0n) is 19.7. The molecule has 2 aromatic carbocycles. The molecule has 0 saturated carbocycles. The van der Waals surface area contributed by atoms with E-state index in [0.29, 0.717) is 0 Å². The van der Waals surface area contributed by atoms with Gasteiger partial charge in [-0.25, -0.2) is 0 Å². The molecule has 0 saturated heterocycles. The topological polar surface area (TPSA) is 29.1 Å². The fourth-order valence-corrected chi connectivity index (χ4v) is 4.18. The van der Waals surface area contributed by atoms with E-state index in [1.165, 1.54) is 89.9 Å². The summed E-state index contributed by atoms with van der Waals surface area (Å²) in [5, 5.41) is 5.02. The lowest BCUT2D eigenvalue weighted by Gasteiger charge is -2.05. The Morgan fingerprint density at radius 2 is 1.26 bits per heavy atom. The first-order valence-electron chi connectivity index (χ1n) is 12.8. The van der Waals surface area contributed by atoms with Crippen molar-refractivity contribution < 1.29 is 4.79 Å². The van der Waals surface area contributed by atoms with E-state index in [0.717, 1.165) is 22.8 Å². The Balaban J connectivity index is 1.43. The molecule has 31 heavy (non-hydrogen) atoms. The zero-order chi connectivity index (χ0) is 22.0. The Bertz CT molecular complexity index is 759. The number of amides is 1. The van der Waals surface area contributed by atoms with Crippen LogP contribution in [0.4, 0.5) is 0 Å². The summed E-state index contributed by atoms with van der Waals surface area (Å²) in [6, 6.07) is 13.9. The van der Waals surface area contributed by atoms with Crippen molar-refractivity contribution in [2.45, 2.75) is 103 Å². The van der Waals surface area contributed by atoms with Gasteiger partial charge < -0.3 is 5.32 Å². The van der Waals surface area contributed by atoms with Crippen LogP contribution in [0.5, 0.6) is 0 Å². The summed E-state index contributed by atoms with van der Waals surface area (Å²) in [5.74, 6) is -0.0333. The third-order valence-electron chi connectivity index (χ3n) is 6.09. The minimum Gasteiger partial charge on any atom is -0.329 e. The maximum atomic E-state index is 12.5. The molecular formula is C29H43NO. The average Bonchev–Trinajstić information content (AvgIpc) is 2.80. The first-order chi connectivity index (χ1) is 15.3. The summed E-state index contributed by atoms with van der Waals surface area (Å²) in [6.45, 7) is 2.28. The number of unbranched alkanes of at least 4 members (excludes halogenated alkanes) is 14. The van der Waals surface area contributed by atoms with Crippen LogP contribution in [0.2, 0.25) is 0 Å². The smallest absolute Gasteiger partial charge is 0.255 e. The maximum absolute atomic E-state index is 12.5. The highest BCUT2D eigenvalue weighted by atomic mass is 16.1. The highest BCUT2D eigenvalue weighted by Crippen LogP contribution is 2.18. The van der Waals surface area contributed by atoms with Crippen LogP contribution in [0.25, 0.3) is 10.8 Å². The molecule has 0 aliphatic rings. The Morgan fingerprint density at radius 1 is 0.710 bits per heavy atom. The summed E-state index contributed by atoms with van der Waals surface area (Å²) >= 11 is 0. The van der Waals surface area contributed by atoms with Gasteiger partial charge in [0.05, 0.1) is 0 Å². The van der Waals surface area contributed by atoms with Crippen molar-refractivity contribution in [1.29, 1.82) is 0 Å². The van der Waals surface area contributed by atoms with Crippen molar-refractivity contribution in [2.75, 3.05) is 0 Å². The maximum Gasteiger partial charge on any atom is 0.255 e. The van der Waals surface area contributed by atoms with Gasteiger partial charge in [0.1, 0.15) is 0 Å². The molecule has 0 heterocycles. The SMILES string of the molecule is CCCCCCCCCCCCCCCCC=CNC(=O)c1cccc2ccccc12. The van der Waals surface area contributed by atoms with Crippen molar-refractivity contribution in [3.05, 3.63) is 60.3 Å². The van der Waals surface area contributed by atoms with Gasteiger partial charge in [0, 0.05) is 11.8 Å². The zero-order valence-corrected chi connectivity index (χ0v) is 19.7. The van der Waals surface area contributed by atoms with Crippen molar-refractivity contribution >= 4 is 16.7 Å². The van der Waals surface area contributed by atoms with E-state index in [4.69, 9.17) is 0 Å². The Hall–Kier alpha value is -2.09. The fraction of sp³-hybridized carbons (Fsp3) is 0.552. The van der Waals surface area contributed by atoms with Gasteiger partial charge in [-0.3, -0.25) is 4.79 Å². The van der Waals surface area contributed by atoms with Gasteiger partial charge in [-0.15, -0.1) is 0 Å². The van der Waals surface area contributed by atoms with Gasteiger partial charge in [-0.2, -0.15) is 0 Å². The second kappa shape index (κ2) is 16.6. The molecule has 0 aromatic heterocycles. The van der Waals surface area contributed by atoms with Gasteiger partial charge >= 0.3 is 0 Å². The van der Waals surface area contributed by atoms with Crippen LogP contribution in [0.15, 0.2) is 54.7 Å². The minimum atomic E-state index is -0.0333. The molecule has 0 unspecified atom stereocenters. The molecular weight excluding hydrogens is 378 g/mol. The molecule has 2 nitrogen and oxygen atoms in total. The third-order valence-corrected chi connectivity index (χ3v) is 6.09. The number of nitrogens with one attached hydrogen (secondary N) is 1. The molecule has 0 bridgehead atoms. The molecule has 1 amide bonds. The van der Waals surface area contributed by atoms with Crippen LogP contribution in [-0.2, 0) is 0 Å². The number of fused-ring (bicyclic) bond motifs is 1. The molecule has 0 radical (unpaired) electrons. The highest BCUT2D eigenvalue weighted by molar-refractivity contribution is 6.07. The van der Waals surface area contributed by atoms with E-state index in [1.54, 1.807) is 0 Å². The summed E-state index contributed by atoms with van der Waals surface area (Å²) in [7, 11) is 0. The average molecular weight is 422 g/mol. The quantitative estimate of drug-likeness (QED) is 0.254. The Labute approximate surface area is 190 Å². The first-order valence-corrected chi connectivity index (χ1v) is 12.8. The molecule has 0 aliphatic carbocycles. The molecule has 2 aromatic rings. The van der Waals surface area contributed by atoms with Crippen LogP contribution >= 0.6 is 0 Å². The van der Waals surface area contributed by atoms with E-state index in [1.807, 2.05) is 48.7 Å².